The van der Waals surface area contributed by atoms with Crippen molar-refractivity contribution in [3.63, 3.8) is 0 Å². The van der Waals surface area contributed by atoms with Crippen molar-refractivity contribution in [1.82, 2.24) is 19.9 Å². The van der Waals surface area contributed by atoms with Gasteiger partial charge in [0.25, 0.3) is 0 Å². The van der Waals surface area contributed by atoms with E-state index in [0.29, 0.717) is 13.0 Å². The van der Waals surface area contributed by atoms with Gasteiger partial charge in [0.1, 0.15) is 6.04 Å². The molecule has 2 atom stereocenters. The molecule has 1 fully saturated rings. The molecule has 1 amide bonds. The smallest absolute Gasteiger partial charge is 0.360 e. The van der Waals surface area contributed by atoms with Crippen LogP contribution in [0.15, 0.2) is 6.20 Å². The molecular formula is C12H16N4O5. The van der Waals surface area contributed by atoms with E-state index in [1.54, 1.807) is 0 Å². The van der Waals surface area contributed by atoms with E-state index in [1.165, 1.54) is 36.9 Å². The molecule has 0 bridgehead atoms. The quantitative estimate of drug-likeness (QED) is 0.686. The lowest BCUT2D eigenvalue weighted by atomic mass is 10.2. The highest BCUT2D eigenvalue weighted by atomic mass is 16.5. The van der Waals surface area contributed by atoms with Crippen LogP contribution in [0.25, 0.3) is 0 Å². The fourth-order valence-corrected chi connectivity index (χ4v) is 2.37. The second-order valence-electron chi connectivity index (χ2n) is 4.68. The van der Waals surface area contributed by atoms with Crippen molar-refractivity contribution in [2.45, 2.75) is 25.4 Å². The number of hydrogen-bond acceptors (Lipinski definition) is 7. The Morgan fingerprint density at radius 1 is 1.29 bits per heavy atom. The highest BCUT2D eigenvalue weighted by Gasteiger charge is 2.40. The third-order valence-corrected chi connectivity index (χ3v) is 3.44. The standard InChI is InChI=1S/C12H16N4O5/c1-7(17)15-5-8(4-10(15)12(19)21-3)16-6-9(13-14-16)11(18)20-2/h6,8,10H,4-5H2,1-3H3/t8-,10+/m1/s1. The van der Waals surface area contributed by atoms with E-state index in [1.807, 2.05) is 0 Å². The molecule has 2 heterocycles. The van der Waals surface area contributed by atoms with Crippen LogP contribution in [-0.4, -0.2) is 64.5 Å². The molecule has 1 aliphatic rings. The Kier molecular flexibility index (Phi) is 4.20. The molecule has 0 aliphatic carbocycles. The minimum absolute atomic E-state index is 0.0772. The van der Waals surface area contributed by atoms with Gasteiger partial charge in [-0.2, -0.15) is 0 Å². The number of nitrogens with zero attached hydrogens (tertiary/aromatic N) is 4. The van der Waals surface area contributed by atoms with Crippen LogP contribution in [0.3, 0.4) is 0 Å². The average molecular weight is 296 g/mol. The molecule has 9 heteroatoms. The lowest BCUT2D eigenvalue weighted by molar-refractivity contribution is -0.150. The lowest BCUT2D eigenvalue weighted by Gasteiger charge is -2.20. The zero-order chi connectivity index (χ0) is 15.6. The number of carbonyl (C=O) groups excluding carboxylic acids is 3. The van der Waals surface area contributed by atoms with Crippen LogP contribution in [0.2, 0.25) is 0 Å². The third-order valence-electron chi connectivity index (χ3n) is 3.44. The monoisotopic (exact) mass is 296 g/mol. The summed E-state index contributed by atoms with van der Waals surface area (Å²) in [6, 6.07) is -0.896. The first-order chi connectivity index (χ1) is 9.97. The molecule has 21 heavy (non-hydrogen) atoms. The maximum atomic E-state index is 11.7. The maximum absolute atomic E-state index is 11.7. The van der Waals surface area contributed by atoms with Crippen molar-refractivity contribution in [3.8, 4) is 0 Å². The van der Waals surface area contributed by atoms with Gasteiger partial charge in [0.15, 0.2) is 5.69 Å². The van der Waals surface area contributed by atoms with Crippen molar-refractivity contribution in [2.24, 2.45) is 0 Å². The number of esters is 2. The predicted molar refractivity (Wildman–Crippen MR) is 68.2 cm³/mol. The van der Waals surface area contributed by atoms with Crippen molar-refractivity contribution in [3.05, 3.63) is 11.9 Å². The molecule has 0 spiro atoms. The summed E-state index contributed by atoms with van der Waals surface area (Å²) in [6.45, 7) is 1.69. The Labute approximate surface area is 120 Å². The van der Waals surface area contributed by atoms with Gasteiger partial charge in [-0.25, -0.2) is 14.3 Å². The summed E-state index contributed by atoms with van der Waals surface area (Å²) < 4.78 is 10.7. The topological polar surface area (TPSA) is 104 Å². The molecule has 9 nitrogen and oxygen atoms in total. The number of hydrogen-bond donors (Lipinski definition) is 0. The number of likely N-dealkylation sites (tertiary alicyclic amines) is 1. The highest BCUT2D eigenvalue weighted by Crippen LogP contribution is 2.27. The van der Waals surface area contributed by atoms with Crippen molar-refractivity contribution >= 4 is 17.8 Å². The van der Waals surface area contributed by atoms with Gasteiger partial charge in [-0.05, 0) is 0 Å². The zero-order valence-electron chi connectivity index (χ0n) is 12.0. The summed E-state index contributed by atoms with van der Waals surface area (Å²) in [6.07, 6.45) is 1.80. The molecular weight excluding hydrogens is 280 g/mol. The molecule has 1 saturated heterocycles. The molecule has 0 radical (unpaired) electrons. The van der Waals surface area contributed by atoms with E-state index < -0.39 is 18.0 Å². The van der Waals surface area contributed by atoms with E-state index in [2.05, 4.69) is 15.0 Å². The summed E-state index contributed by atoms with van der Waals surface area (Å²) in [7, 11) is 2.53. The minimum atomic E-state index is -0.650. The van der Waals surface area contributed by atoms with Gasteiger partial charge < -0.3 is 14.4 Å². The first-order valence-electron chi connectivity index (χ1n) is 6.33. The predicted octanol–water partition coefficient (Wildman–Crippen LogP) is -0.600. The van der Waals surface area contributed by atoms with Crippen molar-refractivity contribution in [2.75, 3.05) is 20.8 Å². The Balaban J connectivity index is 2.18. The van der Waals surface area contributed by atoms with Gasteiger partial charge in [0.05, 0.1) is 26.5 Å². The maximum Gasteiger partial charge on any atom is 0.360 e. The van der Waals surface area contributed by atoms with Crippen LogP contribution in [-0.2, 0) is 19.1 Å². The Morgan fingerprint density at radius 2 is 2.00 bits per heavy atom. The molecule has 0 aromatic carbocycles. The number of carbonyl (C=O) groups is 3. The van der Waals surface area contributed by atoms with Crippen molar-refractivity contribution < 1.29 is 23.9 Å². The Morgan fingerprint density at radius 3 is 2.57 bits per heavy atom. The first kappa shape index (κ1) is 14.9. The fourth-order valence-electron chi connectivity index (χ4n) is 2.37. The lowest BCUT2D eigenvalue weighted by Crippen LogP contribution is -2.39. The summed E-state index contributed by atoms with van der Waals surface area (Å²) >= 11 is 0. The van der Waals surface area contributed by atoms with Crippen LogP contribution in [0, 0.1) is 0 Å². The van der Waals surface area contributed by atoms with E-state index in [4.69, 9.17) is 4.74 Å². The van der Waals surface area contributed by atoms with Gasteiger partial charge >= 0.3 is 11.9 Å². The summed E-state index contributed by atoms with van der Waals surface area (Å²) in [5, 5.41) is 7.57. The number of amides is 1. The van der Waals surface area contributed by atoms with Crippen LogP contribution in [0.1, 0.15) is 29.9 Å². The highest BCUT2D eigenvalue weighted by molar-refractivity contribution is 5.86. The van der Waals surface area contributed by atoms with Crippen LogP contribution in [0.4, 0.5) is 0 Å². The van der Waals surface area contributed by atoms with Gasteiger partial charge in [-0.1, -0.05) is 5.21 Å². The normalized spacial score (nSPS) is 21.2. The second kappa shape index (κ2) is 5.90. The summed E-state index contributed by atoms with van der Waals surface area (Å²) in [5.41, 5.74) is 0.0772. The van der Waals surface area contributed by atoms with Gasteiger partial charge in [-0.15, -0.1) is 5.10 Å². The van der Waals surface area contributed by atoms with Gasteiger partial charge in [-0.3, -0.25) is 4.79 Å². The number of methoxy groups -OCH3 is 2. The minimum Gasteiger partial charge on any atom is -0.467 e. The van der Waals surface area contributed by atoms with E-state index in [0.717, 1.165) is 0 Å². The van der Waals surface area contributed by atoms with Crippen LogP contribution >= 0.6 is 0 Å². The van der Waals surface area contributed by atoms with E-state index in [-0.39, 0.29) is 17.6 Å². The molecule has 1 aromatic rings. The molecule has 1 aromatic heterocycles. The van der Waals surface area contributed by atoms with Crippen LogP contribution in [0.5, 0.6) is 0 Å². The first-order valence-corrected chi connectivity index (χ1v) is 6.33. The second-order valence-corrected chi connectivity index (χ2v) is 4.68. The van der Waals surface area contributed by atoms with Crippen molar-refractivity contribution in [1.29, 1.82) is 0 Å². The largest absolute Gasteiger partial charge is 0.467 e. The molecule has 1 aliphatic heterocycles. The van der Waals surface area contributed by atoms with Gasteiger partial charge in [0.2, 0.25) is 5.91 Å². The molecule has 114 valence electrons. The average Bonchev–Trinajstić information content (AvgIpc) is 3.11. The molecule has 0 unspecified atom stereocenters. The fraction of sp³-hybridized carbons (Fsp3) is 0.583. The van der Waals surface area contributed by atoms with E-state index >= 15 is 0 Å². The zero-order valence-corrected chi connectivity index (χ0v) is 12.0. The number of ether oxygens (including phenoxy) is 2. The number of aromatic nitrogens is 3. The third kappa shape index (κ3) is 2.86. The number of rotatable bonds is 3. The molecule has 2 rings (SSSR count). The van der Waals surface area contributed by atoms with Gasteiger partial charge in [0, 0.05) is 19.9 Å². The Hall–Kier alpha value is -2.45. The SMILES string of the molecule is COC(=O)c1cn([C@@H]2C[C@@H](C(=O)OC)N(C(C)=O)C2)nn1. The summed E-state index contributed by atoms with van der Waals surface area (Å²) in [4.78, 5) is 36.1. The van der Waals surface area contributed by atoms with Crippen LogP contribution < -0.4 is 0 Å². The van der Waals surface area contributed by atoms with E-state index in [9.17, 15) is 14.4 Å². The Bertz CT molecular complexity index is 570. The molecule has 0 N–H and O–H groups in total. The molecule has 0 saturated carbocycles. The summed E-state index contributed by atoms with van der Waals surface area (Å²) in [5.74, 6) is -1.28.